The van der Waals surface area contributed by atoms with Gasteiger partial charge in [0.1, 0.15) is 11.6 Å². The van der Waals surface area contributed by atoms with Crippen LogP contribution in [0.1, 0.15) is 0 Å². The number of hydrogen-bond donors (Lipinski definition) is 3. The third-order valence-corrected chi connectivity index (χ3v) is 3.48. The van der Waals surface area contributed by atoms with Gasteiger partial charge in [-0.15, -0.1) is 10.2 Å². The Hall–Kier alpha value is -3.00. The van der Waals surface area contributed by atoms with Crippen molar-refractivity contribution in [1.29, 1.82) is 0 Å². The summed E-state index contributed by atoms with van der Waals surface area (Å²) in [7, 11) is 1.58. The second-order valence-corrected chi connectivity index (χ2v) is 5.26. The van der Waals surface area contributed by atoms with E-state index in [1.165, 1.54) is 18.2 Å². The summed E-state index contributed by atoms with van der Waals surface area (Å²) < 4.78 is 18.3. The molecule has 24 heavy (non-hydrogen) atoms. The van der Waals surface area contributed by atoms with Crippen LogP contribution in [0, 0.1) is 5.82 Å². The van der Waals surface area contributed by atoms with Crippen molar-refractivity contribution in [3.05, 3.63) is 48.3 Å². The Morgan fingerprint density at radius 1 is 1.25 bits per heavy atom. The summed E-state index contributed by atoms with van der Waals surface area (Å²) in [6.07, 6.45) is 0. The number of anilines is 1. The number of nitrogens with zero attached hydrogens (tertiary/aromatic N) is 2. The third kappa shape index (κ3) is 3.33. The fourth-order valence-corrected chi connectivity index (χ4v) is 2.32. The minimum Gasteiger partial charge on any atom is -0.497 e. The molecule has 1 aromatic heterocycles. The summed E-state index contributed by atoms with van der Waals surface area (Å²) in [5, 5.41) is 21.3. The van der Waals surface area contributed by atoms with Crippen molar-refractivity contribution in [3.63, 3.8) is 0 Å². The van der Waals surface area contributed by atoms with Gasteiger partial charge in [0, 0.05) is 11.1 Å². The smallest absolute Gasteiger partial charge is 0.218 e. The molecule has 0 radical (unpaired) electrons. The average Bonchev–Trinajstić information content (AvgIpc) is 2.88. The van der Waals surface area contributed by atoms with Crippen LogP contribution >= 0.6 is 12.2 Å². The molecule has 8 heteroatoms. The Bertz CT molecular complexity index is 922. The van der Waals surface area contributed by atoms with Gasteiger partial charge >= 0.3 is 0 Å². The van der Waals surface area contributed by atoms with E-state index in [1.807, 2.05) is 0 Å². The van der Waals surface area contributed by atoms with E-state index >= 15 is 0 Å². The lowest BCUT2D eigenvalue weighted by molar-refractivity contribution is 0.415. The number of H-pyrrole nitrogens is 1. The molecule has 0 aliphatic heterocycles. The predicted octanol–water partition coefficient (Wildman–Crippen LogP) is 4.50. The maximum absolute atomic E-state index is 13.2. The first-order chi connectivity index (χ1) is 11.6. The molecule has 3 rings (SSSR count). The maximum atomic E-state index is 13.2. The van der Waals surface area contributed by atoms with E-state index in [0.29, 0.717) is 10.9 Å². The minimum absolute atomic E-state index is 0.121. The van der Waals surface area contributed by atoms with Crippen LogP contribution in [0.4, 0.5) is 15.8 Å². The zero-order valence-corrected chi connectivity index (χ0v) is 13.4. The van der Waals surface area contributed by atoms with Gasteiger partial charge in [0.25, 0.3) is 0 Å². The highest BCUT2D eigenvalue weighted by Crippen LogP contribution is 2.35. The molecule has 122 valence electrons. The standard InChI is InChI=1S/C16H13FN4O2S/c1-23-11-5-3-10(4-6-11)18-16(24)21-20-14-12-7-2-9(17)8-13(12)19-15(14)22/h2-8,19,22H,1H3,(H,18,24). The zero-order valence-electron chi connectivity index (χ0n) is 12.6. The molecular formula is C16H13FN4O2S. The van der Waals surface area contributed by atoms with Crippen molar-refractivity contribution in [2.24, 2.45) is 10.2 Å². The largest absolute Gasteiger partial charge is 0.497 e. The first-order valence-electron chi connectivity index (χ1n) is 6.94. The van der Waals surface area contributed by atoms with Crippen LogP contribution < -0.4 is 10.1 Å². The number of thiocarbonyl (C=S) groups is 1. The predicted molar refractivity (Wildman–Crippen MR) is 93.7 cm³/mol. The topological polar surface area (TPSA) is 82.0 Å². The molecule has 0 aliphatic carbocycles. The summed E-state index contributed by atoms with van der Waals surface area (Å²) in [5.41, 5.74) is 1.35. The molecule has 1 heterocycles. The Morgan fingerprint density at radius 2 is 2.00 bits per heavy atom. The molecule has 0 aliphatic rings. The molecule has 2 aromatic carbocycles. The first-order valence-corrected chi connectivity index (χ1v) is 7.34. The van der Waals surface area contributed by atoms with Crippen LogP contribution in [0.3, 0.4) is 0 Å². The van der Waals surface area contributed by atoms with Crippen LogP contribution in [0.15, 0.2) is 52.7 Å². The second-order valence-electron chi connectivity index (χ2n) is 4.87. The van der Waals surface area contributed by atoms with E-state index in [9.17, 15) is 9.50 Å². The summed E-state index contributed by atoms with van der Waals surface area (Å²) >= 11 is 5.10. The van der Waals surface area contributed by atoms with Gasteiger partial charge < -0.3 is 20.1 Å². The number of halogens is 1. The number of aromatic hydroxyl groups is 1. The molecule has 0 saturated heterocycles. The van der Waals surface area contributed by atoms with Gasteiger partial charge in [0.2, 0.25) is 11.0 Å². The summed E-state index contributed by atoms with van der Waals surface area (Å²) in [5.74, 6) is 0.111. The summed E-state index contributed by atoms with van der Waals surface area (Å²) in [4.78, 5) is 2.64. The van der Waals surface area contributed by atoms with E-state index in [0.717, 1.165) is 11.4 Å². The van der Waals surface area contributed by atoms with E-state index in [2.05, 4.69) is 20.5 Å². The fourth-order valence-electron chi connectivity index (χ4n) is 2.16. The molecule has 3 aromatic rings. The van der Waals surface area contributed by atoms with Gasteiger partial charge in [-0.3, -0.25) is 0 Å². The summed E-state index contributed by atoms with van der Waals surface area (Å²) in [6.45, 7) is 0. The SMILES string of the molecule is COc1ccc(NC(=S)N=Nc2c(O)[nH]c3cc(F)ccc23)cc1. The Labute approximate surface area is 142 Å². The number of nitrogens with one attached hydrogen (secondary N) is 2. The van der Waals surface area contributed by atoms with Crippen molar-refractivity contribution in [3.8, 4) is 11.6 Å². The second kappa shape index (κ2) is 6.63. The van der Waals surface area contributed by atoms with Crippen LogP contribution in [0.5, 0.6) is 11.6 Å². The van der Waals surface area contributed by atoms with Crippen LogP contribution in [-0.4, -0.2) is 22.3 Å². The van der Waals surface area contributed by atoms with Gasteiger partial charge in [-0.1, -0.05) is 0 Å². The number of hydrogen-bond acceptors (Lipinski definition) is 4. The molecule has 0 fully saturated rings. The van der Waals surface area contributed by atoms with Crippen molar-refractivity contribution >= 4 is 39.6 Å². The number of rotatable bonds is 3. The molecule has 0 amide bonds. The van der Waals surface area contributed by atoms with Gasteiger partial charge in [-0.25, -0.2) is 4.39 Å². The number of ether oxygens (including phenoxy) is 1. The molecule has 0 unspecified atom stereocenters. The molecule has 0 bridgehead atoms. The minimum atomic E-state index is -0.413. The fraction of sp³-hybridized carbons (Fsp3) is 0.0625. The number of aromatic amines is 1. The monoisotopic (exact) mass is 344 g/mol. The average molecular weight is 344 g/mol. The molecule has 6 nitrogen and oxygen atoms in total. The number of fused-ring (bicyclic) bond motifs is 1. The van der Waals surface area contributed by atoms with Crippen LogP contribution in [0.25, 0.3) is 10.9 Å². The van der Waals surface area contributed by atoms with Crippen LogP contribution in [0.2, 0.25) is 0 Å². The maximum Gasteiger partial charge on any atom is 0.218 e. The van der Waals surface area contributed by atoms with E-state index in [1.54, 1.807) is 31.4 Å². The third-order valence-electron chi connectivity index (χ3n) is 3.30. The lowest BCUT2D eigenvalue weighted by Crippen LogP contribution is -2.04. The molecule has 0 atom stereocenters. The van der Waals surface area contributed by atoms with Gasteiger partial charge in [-0.2, -0.15) is 0 Å². The van der Waals surface area contributed by atoms with Gasteiger partial charge in [-0.05, 0) is 54.7 Å². The quantitative estimate of drug-likeness (QED) is 0.482. The van der Waals surface area contributed by atoms with Crippen LogP contribution in [-0.2, 0) is 0 Å². The lowest BCUT2D eigenvalue weighted by Gasteiger charge is -2.04. The first kappa shape index (κ1) is 15.9. The number of methoxy groups -OCH3 is 1. The Kier molecular flexibility index (Phi) is 4.39. The summed E-state index contributed by atoms with van der Waals surface area (Å²) in [6, 6.07) is 11.2. The highest BCUT2D eigenvalue weighted by atomic mass is 32.1. The zero-order chi connectivity index (χ0) is 17.1. The Balaban J connectivity index is 1.77. The molecule has 0 saturated carbocycles. The molecular weight excluding hydrogens is 331 g/mol. The van der Waals surface area contributed by atoms with Gasteiger partial charge in [0.15, 0.2) is 5.69 Å². The number of azo groups is 1. The van der Waals surface area contributed by atoms with E-state index < -0.39 is 5.82 Å². The number of aromatic nitrogens is 1. The normalized spacial score (nSPS) is 11.1. The van der Waals surface area contributed by atoms with Crippen molar-refractivity contribution < 1.29 is 14.2 Å². The van der Waals surface area contributed by atoms with Gasteiger partial charge in [0.05, 0.1) is 12.6 Å². The van der Waals surface area contributed by atoms with E-state index in [4.69, 9.17) is 17.0 Å². The highest BCUT2D eigenvalue weighted by Gasteiger charge is 2.11. The Morgan fingerprint density at radius 3 is 2.71 bits per heavy atom. The molecule has 3 N–H and O–H groups in total. The lowest BCUT2D eigenvalue weighted by atomic mass is 10.2. The van der Waals surface area contributed by atoms with Crippen molar-refractivity contribution in [2.45, 2.75) is 0 Å². The van der Waals surface area contributed by atoms with E-state index in [-0.39, 0.29) is 16.7 Å². The van der Waals surface area contributed by atoms with Crippen molar-refractivity contribution in [1.82, 2.24) is 4.98 Å². The molecule has 0 spiro atoms. The highest BCUT2D eigenvalue weighted by molar-refractivity contribution is 7.80. The van der Waals surface area contributed by atoms with Crippen molar-refractivity contribution in [2.75, 3.05) is 12.4 Å². The number of benzene rings is 2.